The Labute approximate surface area is 196 Å². The van der Waals surface area contributed by atoms with Gasteiger partial charge in [0.25, 0.3) is 11.8 Å². The van der Waals surface area contributed by atoms with E-state index in [4.69, 9.17) is 5.73 Å². The minimum atomic E-state index is -3.03. The summed E-state index contributed by atoms with van der Waals surface area (Å²) in [5, 5.41) is 54.5. The zero-order valence-electron chi connectivity index (χ0n) is 18.5. The van der Waals surface area contributed by atoms with Gasteiger partial charge in [-0.25, -0.2) is 4.90 Å². The van der Waals surface area contributed by atoms with Crippen LogP contribution in [-0.4, -0.2) is 59.9 Å². The lowest BCUT2D eigenvalue weighted by Gasteiger charge is -2.43. The van der Waals surface area contributed by atoms with Gasteiger partial charge in [-0.2, -0.15) is 0 Å². The molecule has 0 heterocycles. The molecule has 1 atom stereocenters. The molecule has 0 saturated carbocycles. The van der Waals surface area contributed by atoms with E-state index in [9.17, 15) is 40.1 Å². The van der Waals surface area contributed by atoms with Crippen LogP contribution in [0, 0.1) is 10.1 Å². The molecular weight excluding hydrogens is 446 g/mol. The SMILES string of the molecule is NC(=O)CCC(CCC(=O)N(C(O)(O)Cc1ccccc1)C(O)(O)Cc1ccccc1)[N+](=O)[O-]. The van der Waals surface area contributed by atoms with E-state index >= 15 is 0 Å². The van der Waals surface area contributed by atoms with E-state index in [1.807, 2.05) is 0 Å². The van der Waals surface area contributed by atoms with Crippen molar-refractivity contribution in [3.8, 4) is 0 Å². The Hall–Kier alpha value is -3.38. The number of nitro groups is 1. The number of amides is 2. The van der Waals surface area contributed by atoms with E-state index in [0.717, 1.165) is 0 Å². The second-order valence-electron chi connectivity index (χ2n) is 8.09. The molecule has 0 spiro atoms. The summed E-state index contributed by atoms with van der Waals surface area (Å²) < 4.78 is 0. The van der Waals surface area contributed by atoms with Crippen LogP contribution in [0.1, 0.15) is 36.8 Å². The van der Waals surface area contributed by atoms with Crippen LogP contribution in [0.4, 0.5) is 0 Å². The molecular formula is C23H29N3O8. The molecule has 2 rings (SSSR count). The molecule has 0 radical (unpaired) electrons. The number of carbonyl (C=O) groups excluding carboxylic acids is 2. The molecule has 0 aliphatic carbocycles. The lowest BCUT2D eigenvalue weighted by Crippen LogP contribution is -2.65. The van der Waals surface area contributed by atoms with Crippen molar-refractivity contribution in [3.05, 3.63) is 81.9 Å². The third-order valence-electron chi connectivity index (χ3n) is 5.25. The monoisotopic (exact) mass is 475 g/mol. The summed E-state index contributed by atoms with van der Waals surface area (Å²) in [5.41, 5.74) is 5.82. The fraction of sp³-hybridized carbons (Fsp3) is 0.391. The molecule has 2 aromatic rings. The first-order valence-corrected chi connectivity index (χ1v) is 10.6. The first kappa shape index (κ1) is 26.9. The van der Waals surface area contributed by atoms with Crippen LogP contribution < -0.4 is 5.73 Å². The van der Waals surface area contributed by atoms with Crippen molar-refractivity contribution >= 4 is 11.8 Å². The van der Waals surface area contributed by atoms with E-state index < -0.39 is 53.9 Å². The fourth-order valence-corrected chi connectivity index (χ4v) is 3.65. The van der Waals surface area contributed by atoms with Crippen molar-refractivity contribution < 1.29 is 34.9 Å². The predicted octanol–water partition coefficient (Wildman–Crippen LogP) is 0.268. The van der Waals surface area contributed by atoms with Gasteiger partial charge in [0.15, 0.2) is 0 Å². The maximum atomic E-state index is 13.1. The summed E-state index contributed by atoms with van der Waals surface area (Å²) in [7, 11) is 0. The Balaban J connectivity index is 2.30. The number of nitrogens with zero attached hydrogens (tertiary/aromatic N) is 2. The maximum Gasteiger partial charge on any atom is 0.257 e. The summed E-state index contributed by atoms with van der Waals surface area (Å²) in [6.07, 6.45) is -2.58. The van der Waals surface area contributed by atoms with E-state index in [1.54, 1.807) is 60.7 Å². The first-order chi connectivity index (χ1) is 15.9. The van der Waals surface area contributed by atoms with Gasteiger partial charge in [0.05, 0.1) is 0 Å². The van der Waals surface area contributed by atoms with Crippen molar-refractivity contribution in [2.24, 2.45) is 5.73 Å². The van der Waals surface area contributed by atoms with Gasteiger partial charge in [0.1, 0.15) is 0 Å². The Bertz CT molecular complexity index is 913. The van der Waals surface area contributed by atoms with Crippen LogP contribution in [0.2, 0.25) is 0 Å². The zero-order valence-corrected chi connectivity index (χ0v) is 18.5. The fourth-order valence-electron chi connectivity index (χ4n) is 3.65. The van der Waals surface area contributed by atoms with Crippen molar-refractivity contribution in [3.63, 3.8) is 0 Å². The number of rotatable bonds is 13. The number of hydrogen-bond donors (Lipinski definition) is 5. The lowest BCUT2D eigenvalue weighted by atomic mass is 10.0. The normalized spacial score (nSPS) is 12.7. The molecule has 1 unspecified atom stereocenters. The maximum absolute atomic E-state index is 13.1. The van der Waals surface area contributed by atoms with Crippen LogP contribution in [0.5, 0.6) is 0 Å². The van der Waals surface area contributed by atoms with Crippen molar-refractivity contribution in [2.75, 3.05) is 0 Å². The molecule has 11 heteroatoms. The number of aliphatic hydroxyl groups is 4. The lowest BCUT2D eigenvalue weighted by molar-refractivity contribution is -0.524. The van der Waals surface area contributed by atoms with Crippen LogP contribution in [0.15, 0.2) is 60.7 Å². The summed E-state index contributed by atoms with van der Waals surface area (Å²) in [4.78, 5) is 34.8. The van der Waals surface area contributed by atoms with Gasteiger partial charge in [0, 0.05) is 43.4 Å². The van der Waals surface area contributed by atoms with Gasteiger partial charge in [-0.15, -0.1) is 0 Å². The Morgan fingerprint density at radius 2 is 1.26 bits per heavy atom. The summed E-state index contributed by atoms with van der Waals surface area (Å²) in [6.45, 7) is 0. The number of carbonyl (C=O) groups is 2. The molecule has 11 nitrogen and oxygen atoms in total. The Morgan fingerprint density at radius 1 is 0.853 bits per heavy atom. The standard InChI is InChI=1S/C23H29N3O8/c24-20(27)13-11-19(26(33)34)12-14-21(28)25(22(29,30)15-17-7-3-1-4-8-17)23(31,32)16-18-9-5-2-6-10-18/h1-10,19,29-32H,11-16H2,(H2,24,27). The number of hydrogen-bond acceptors (Lipinski definition) is 8. The highest BCUT2D eigenvalue weighted by molar-refractivity contribution is 5.77. The van der Waals surface area contributed by atoms with Gasteiger partial charge in [-0.3, -0.25) is 19.7 Å². The van der Waals surface area contributed by atoms with E-state index in [-0.39, 0.29) is 24.2 Å². The van der Waals surface area contributed by atoms with Crippen LogP contribution in [-0.2, 0) is 22.4 Å². The number of benzene rings is 2. The molecule has 0 aliphatic rings. The van der Waals surface area contributed by atoms with Crippen LogP contribution in [0.25, 0.3) is 0 Å². The molecule has 0 fully saturated rings. The minimum Gasteiger partial charge on any atom is -0.370 e. The van der Waals surface area contributed by atoms with Crippen molar-refractivity contribution in [1.82, 2.24) is 4.90 Å². The smallest absolute Gasteiger partial charge is 0.257 e. The number of nitrogens with two attached hydrogens (primary N) is 1. The van der Waals surface area contributed by atoms with Gasteiger partial charge in [-0.05, 0) is 11.1 Å². The van der Waals surface area contributed by atoms with Gasteiger partial charge in [-0.1, -0.05) is 60.7 Å². The van der Waals surface area contributed by atoms with Crippen LogP contribution >= 0.6 is 0 Å². The van der Waals surface area contributed by atoms with Gasteiger partial charge >= 0.3 is 0 Å². The summed E-state index contributed by atoms with van der Waals surface area (Å²) in [6, 6.07) is 14.9. The third-order valence-corrected chi connectivity index (χ3v) is 5.25. The van der Waals surface area contributed by atoms with E-state index in [2.05, 4.69) is 0 Å². The molecule has 6 N–H and O–H groups in total. The number of primary amides is 1. The summed E-state index contributed by atoms with van der Waals surface area (Å²) in [5.74, 6) is -7.94. The predicted molar refractivity (Wildman–Crippen MR) is 120 cm³/mol. The van der Waals surface area contributed by atoms with Crippen LogP contribution in [0.3, 0.4) is 0 Å². The molecule has 2 amide bonds. The van der Waals surface area contributed by atoms with E-state index in [0.29, 0.717) is 11.1 Å². The minimum absolute atomic E-state index is 0.130. The summed E-state index contributed by atoms with van der Waals surface area (Å²) >= 11 is 0. The highest BCUT2D eigenvalue weighted by Crippen LogP contribution is 2.27. The largest absolute Gasteiger partial charge is 0.370 e. The Morgan fingerprint density at radius 3 is 1.65 bits per heavy atom. The average molecular weight is 475 g/mol. The molecule has 184 valence electrons. The molecule has 0 aromatic heterocycles. The second kappa shape index (κ2) is 11.7. The zero-order chi connectivity index (χ0) is 25.4. The molecule has 0 bridgehead atoms. The molecule has 0 saturated heterocycles. The molecule has 34 heavy (non-hydrogen) atoms. The Kier molecular flexibility index (Phi) is 9.21. The quantitative estimate of drug-likeness (QED) is 0.155. The highest BCUT2D eigenvalue weighted by atomic mass is 16.6. The second-order valence-corrected chi connectivity index (χ2v) is 8.09. The molecule has 0 aliphatic heterocycles. The third kappa shape index (κ3) is 7.89. The van der Waals surface area contributed by atoms with Crippen molar-refractivity contribution in [1.29, 1.82) is 0 Å². The first-order valence-electron chi connectivity index (χ1n) is 10.6. The van der Waals surface area contributed by atoms with Crippen molar-refractivity contribution in [2.45, 2.75) is 56.4 Å². The topological polar surface area (TPSA) is 187 Å². The highest BCUT2D eigenvalue weighted by Gasteiger charge is 2.48. The average Bonchev–Trinajstić information content (AvgIpc) is 2.73. The van der Waals surface area contributed by atoms with Gasteiger partial charge < -0.3 is 26.2 Å². The van der Waals surface area contributed by atoms with E-state index in [1.165, 1.54) is 0 Å². The van der Waals surface area contributed by atoms with Gasteiger partial charge in [0.2, 0.25) is 17.9 Å². The molecule has 2 aromatic carbocycles.